The van der Waals surface area contributed by atoms with Crippen LogP contribution in [0.2, 0.25) is 0 Å². The number of alkyl halides is 3. The molecule has 1 unspecified atom stereocenters. The van der Waals surface area contributed by atoms with Crippen LogP contribution in [-0.4, -0.2) is 32.0 Å². The van der Waals surface area contributed by atoms with E-state index in [1.54, 1.807) is 30.3 Å². The molecular formula is C11H13F3N2O2S. The van der Waals surface area contributed by atoms with Gasteiger partial charge in [-0.1, -0.05) is 30.3 Å². The Balaban J connectivity index is 2.12. The van der Waals surface area contributed by atoms with E-state index in [1.807, 2.05) is 0 Å². The third-order valence-electron chi connectivity index (χ3n) is 2.86. The van der Waals surface area contributed by atoms with Crippen LogP contribution in [0, 0.1) is 0 Å². The van der Waals surface area contributed by atoms with Crippen LogP contribution in [0.25, 0.3) is 0 Å². The van der Waals surface area contributed by atoms with Crippen LogP contribution < -0.4 is 4.72 Å². The molecule has 1 heterocycles. The topological polar surface area (TPSA) is 49.4 Å². The van der Waals surface area contributed by atoms with Gasteiger partial charge < -0.3 is 0 Å². The van der Waals surface area contributed by atoms with E-state index >= 15 is 0 Å². The standard InChI is InChI=1S/C11H13F3N2O2S/c12-11(13,14)8-16-7-6-10(15-19(16,17)18)9-4-2-1-3-5-9/h1-5,10,15H,6-8H2. The van der Waals surface area contributed by atoms with Crippen molar-refractivity contribution < 1.29 is 21.6 Å². The minimum absolute atomic E-state index is 0.144. The lowest BCUT2D eigenvalue weighted by atomic mass is 10.1. The first-order chi connectivity index (χ1) is 8.78. The van der Waals surface area contributed by atoms with E-state index in [0.717, 1.165) is 5.56 Å². The SMILES string of the molecule is O=S1(=O)NC(c2ccccc2)CCN1CC(F)(F)F. The van der Waals surface area contributed by atoms with Crippen molar-refractivity contribution in [1.82, 2.24) is 9.03 Å². The molecule has 1 saturated heterocycles. The second kappa shape index (κ2) is 5.10. The highest BCUT2D eigenvalue weighted by atomic mass is 32.2. The fraction of sp³-hybridized carbons (Fsp3) is 0.455. The minimum Gasteiger partial charge on any atom is -0.195 e. The summed E-state index contributed by atoms with van der Waals surface area (Å²) in [6.07, 6.45) is -4.23. The van der Waals surface area contributed by atoms with Crippen molar-refractivity contribution in [3.8, 4) is 0 Å². The first kappa shape index (κ1) is 14.3. The summed E-state index contributed by atoms with van der Waals surface area (Å²) in [6.45, 7) is -1.60. The van der Waals surface area contributed by atoms with Gasteiger partial charge in [0.1, 0.15) is 6.54 Å². The quantitative estimate of drug-likeness (QED) is 0.904. The van der Waals surface area contributed by atoms with Gasteiger partial charge in [-0.3, -0.25) is 0 Å². The molecule has 1 aromatic carbocycles. The van der Waals surface area contributed by atoms with E-state index < -0.39 is 29.0 Å². The molecule has 0 aliphatic carbocycles. The van der Waals surface area contributed by atoms with Gasteiger partial charge in [-0.05, 0) is 12.0 Å². The highest BCUT2D eigenvalue weighted by molar-refractivity contribution is 7.87. The Hall–Kier alpha value is -1.12. The Kier molecular flexibility index (Phi) is 3.84. The number of nitrogens with zero attached hydrogens (tertiary/aromatic N) is 1. The number of hydrogen-bond donors (Lipinski definition) is 1. The lowest BCUT2D eigenvalue weighted by molar-refractivity contribution is -0.137. The fourth-order valence-corrected chi connectivity index (χ4v) is 3.42. The maximum absolute atomic E-state index is 12.3. The van der Waals surface area contributed by atoms with Gasteiger partial charge in [0, 0.05) is 12.6 Å². The second-order valence-electron chi connectivity index (χ2n) is 4.32. The molecule has 1 fully saturated rings. The van der Waals surface area contributed by atoms with Crippen LogP contribution in [0.1, 0.15) is 18.0 Å². The summed E-state index contributed by atoms with van der Waals surface area (Å²) < 4.78 is 63.0. The van der Waals surface area contributed by atoms with Gasteiger partial charge in [-0.25, -0.2) is 0 Å². The molecule has 0 spiro atoms. The van der Waals surface area contributed by atoms with Crippen molar-refractivity contribution in [2.24, 2.45) is 0 Å². The molecule has 1 aliphatic heterocycles. The molecule has 0 amide bonds. The van der Waals surface area contributed by atoms with Crippen LogP contribution in [0.5, 0.6) is 0 Å². The Bertz CT molecular complexity index is 531. The average molecular weight is 294 g/mol. The fourth-order valence-electron chi connectivity index (χ4n) is 1.99. The Morgan fingerprint density at radius 2 is 1.89 bits per heavy atom. The molecule has 1 aliphatic rings. The molecule has 0 bridgehead atoms. The molecule has 4 nitrogen and oxygen atoms in total. The highest BCUT2D eigenvalue weighted by Gasteiger charge is 2.39. The average Bonchev–Trinajstić information content (AvgIpc) is 2.31. The number of rotatable bonds is 2. The van der Waals surface area contributed by atoms with Gasteiger partial charge in [0.2, 0.25) is 0 Å². The van der Waals surface area contributed by atoms with Crippen molar-refractivity contribution in [1.29, 1.82) is 0 Å². The summed E-state index contributed by atoms with van der Waals surface area (Å²) in [5.74, 6) is 0. The predicted molar refractivity (Wildman–Crippen MR) is 63.5 cm³/mol. The van der Waals surface area contributed by atoms with Crippen LogP contribution in [0.15, 0.2) is 30.3 Å². The van der Waals surface area contributed by atoms with Crippen molar-refractivity contribution in [3.05, 3.63) is 35.9 Å². The number of nitrogens with one attached hydrogen (secondary N) is 1. The normalized spacial score (nSPS) is 24.3. The van der Waals surface area contributed by atoms with E-state index in [4.69, 9.17) is 0 Å². The lowest BCUT2D eigenvalue weighted by Gasteiger charge is -2.32. The summed E-state index contributed by atoms with van der Waals surface area (Å²) in [5.41, 5.74) is 0.748. The summed E-state index contributed by atoms with van der Waals surface area (Å²) in [5, 5.41) is 0. The first-order valence-corrected chi connectivity index (χ1v) is 7.11. The first-order valence-electron chi connectivity index (χ1n) is 5.67. The van der Waals surface area contributed by atoms with Crippen molar-refractivity contribution >= 4 is 10.2 Å². The summed E-state index contributed by atoms with van der Waals surface area (Å²) >= 11 is 0. The maximum atomic E-state index is 12.3. The summed E-state index contributed by atoms with van der Waals surface area (Å²) in [4.78, 5) is 0. The highest BCUT2D eigenvalue weighted by Crippen LogP contribution is 2.26. The Morgan fingerprint density at radius 1 is 1.26 bits per heavy atom. The minimum atomic E-state index is -4.53. The summed E-state index contributed by atoms with van der Waals surface area (Å²) in [6, 6.07) is 8.31. The summed E-state index contributed by atoms with van der Waals surface area (Å²) in [7, 11) is -4.09. The van der Waals surface area contributed by atoms with Gasteiger partial charge >= 0.3 is 6.18 Å². The third-order valence-corrected chi connectivity index (χ3v) is 4.43. The molecule has 0 aromatic heterocycles. The molecule has 1 N–H and O–H groups in total. The molecule has 0 saturated carbocycles. The molecule has 8 heteroatoms. The molecule has 1 atom stereocenters. The molecule has 106 valence electrons. The van der Waals surface area contributed by atoms with E-state index in [0.29, 0.717) is 10.7 Å². The molecular weight excluding hydrogens is 281 g/mol. The number of halogens is 3. The van der Waals surface area contributed by atoms with Crippen molar-refractivity contribution in [2.75, 3.05) is 13.1 Å². The van der Waals surface area contributed by atoms with Crippen molar-refractivity contribution in [2.45, 2.75) is 18.6 Å². The predicted octanol–water partition coefficient (Wildman–Crippen LogP) is 1.83. The zero-order valence-electron chi connectivity index (χ0n) is 9.89. The maximum Gasteiger partial charge on any atom is 0.402 e. The Morgan fingerprint density at radius 3 is 2.42 bits per heavy atom. The van der Waals surface area contributed by atoms with Gasteiger partial charge in [-0.15, -0.1) is 0 Å². The monoisotopic (exact) mass is 294 g/mol. The van der Waals surface area contributed by atoms with Crippen molar-refractivity contribution in [3.63, 3.8) is 0 Å². The van der Waals surface area contributed by atoms with E-state index in [1.165, 1.54) is 0 Å². The molecule has 19 heavy (non-hydrogen) atoms. The molecule has 0 radical (unpaired) electrons. The zero-order chi connectivity index (χ0) is 14.1. The third kappa shape index (κ3) is 3.68. The van der Waals surface area contributed by atoms with E-state index in [9.17, 15) is 21.6 Å². The van der Waals surface area contributed by atoms with Crippen LogP contribution in [-0.2, 0) is 10.2 Å². The van der Waals surface area contributed by atoms with Gasteiger partial charge in [0.05, 0.1) is 0 Å². The van der Waals surface area contributed by atoms with Crippen LogP contribution >= 0.6 is 0 Å². The zero-order valence-corrected chi connectivity index (χ0v) is 10.7. The van der Waals surface area contributed by atoms with Gasteiger partial charge in [0.15, 0.2) is 0 Å². The second-order valence-corrected chi connectivity index (χ2v) is 6.03. The van der Waals surface area contributed by atoms with Crippen LogP contribution in [0.3, 0.4) is 0 Å². The number of benzene rings is 1. The van der Waals surface area contributed by atoms with Gasteiger partial charge in [0.25, 0.3) is 10.2 Å². The smallest absolute Gasteiger partial charge is 0.195 e. The Labute approximate surface area is 109 Å². The van der Waals surface area contributed by atoms with Gasteiger partial charge in [-0.2, -0.15) is 30.6 Å². The largest absolute Gasteiger partial charge is 0.402 e. The van der Waals surface area contributed by atoms with Crippen LogP contribution in [0.4, 0.5) is 13.2 Å². The molecule has 1 aromatic rings. The lowest BCUT2D eigenvalue weighted by Crippen LogP contribution is -2.51. The molecule has 2 rings (SSSR count). The number of hydrogen-bond acceptors (Lipinski definition) is 2. The van der Waals surface area contributed by atoms with E-state index in [2.05, 4.69) is 4.72 Å². The van der Waals surface area contributed by atoms with E-state index in [-0.39, 0.29) is 6.54 Å².